The van der Waals surface area contributed by atoms with E-state index in [0.717, 1.165) is 50.3 Å². The molecule has 2 aliphatic heterocycles. The first-order valence-corrected chi connectivity index (χ1v) is 8.28. The van der Waals surface area contributed by atoms with Crippen LogP contribution in [0.5, 0.6) is 0 Å². The highest BCUT2D eigenvalue weighted by Gasteiger charge is 2.33. The maximum atomic E-state index is 12.5. The minimum absolute atomic E-state index is 0.0168. The molecule has 1 N–H and O–H groups in total. The molecule has 2 unspecified atom stereocenters. The van der Waals surface area contributed by atoms with Crippen molar-refractivity contribution in [3.8, 4) is 0 Å². The van der Waals surface area contributed by atoms with Gasteiger partial charge in [0.2, 0.25) is 0 Å². The predicted molar refractivity (Wildman–Crippen MR) is 84.0 cm³/mol. The van der Waals surface area contributed by atoms with Gasteiger partial charge in [-0.05, 0) is 37.8 Å². The molecular weight excluding hydrogens is 294 g/mol. The SMILES string of the molecule is O=C(NCC1CCCO1)N1CCCC1c1nnc2ccccn12. The van der Waals surface area contributed by atoms with E-state index >= 15 is 0 Å². The highest BCUT2D eigenvalue weighted by atomic mass is 16.5. The topological polar surface area (TPSA) is 71.8 Å². The Morgan fingerprint density at radius 3 is 3.13 bits per heavy atom. The molecule has 0 radical (unpaired) electrons. The maximum absolute atomic E-state index is 12.5. The molecule has 4 rings (SSSR count). The zero-order valence-corrected chi connectivity index (χ0v) is 13.0. The van der Waals surface area contributed by atoms with Crippen LogP contribution in [0.25, 0.3) is 5.65 Å². The molecule has 23 heavy (non-hydrogen) atoms. The molecule has 7 heteroatoms. The molecule has 2 amide bonds. The van der Waals surface area contributed by atoms with Gasteiger partial charge in [0.25, 0.3) is 0 Å². The van der Waals surface area contributed by atoms with E-state index < -0.39 is 0 Å². The summed E-state index contributed by atoms with van der Waals surface area (Å²) in [4.78, 5) is 14.4. The lowest BCUT2D eigenvalue weighted by molar-refractivity contribution is 0.108. The smallest absolute Gasteiger partial charge is 0.318 e. The van der Waals surface area contributed by atoms with Crippen molar-refractivity contribution in [3.05, 3.63) is 30.2 Å². The number of carbonyl (C=O) groups is 1. The maximum Gasteiger partial charge on any atom is 0.318 e. The van der Waals surface area contributed by atoms with Gasteiger partial charge in [-0.3, -0.25) is 4.40 Å². The first-order valence-electron chi connectivity index (χ1n) is 8.28. The van der Waals surface area contributed by atoms with E-state index in [0.29, 0.717) is 6.54 Å². The number of ether oxygens (including phenoxy) is 1. The van der Waals surface area contributed by atoms with Gasteiger partial charge in [0, 0.05) is 25.9 Å². The third kappa shape index (κ3) is 2.76. The van der Waals surface area contributed by atoms with Gasteiger partial charge in [-0.15, -0.1) is 10.2 Å². The lowest BCUT2D eigenvalue weighted by atomic mass is 10.2. The standard InChI is InChI=1S/C16H21N5O2/c22-16(17-11-12-5-4-10-23-12)20-9-3-6-13(20)15-19-18-14-7-1-2-8-21(14)15/h1-2,7-8,12-13H,3-6,9-11H2,(H,17,22). The molecule has 2 aromatic heterocycles. The van der Waals surface area contributed by atoms with Gasteiger partial charge >= 0.3 is 6.03 Å². The number of pyridine rings is 1. The van der Waals surface area contributed by atoms with Crippen LogP contribution >= 0.6 is 0 Å². The van der Waals surface area contributed by atoms with Crippen LogP contribution in [0.3, 0.4) is 0 Å². The van der Waals surface area contributed by atoms with Crippen LogP contribution in [-0.4, -0.2) is 51.3 Å². The van der Waals surface area contributed by atoms with Gasteiger partial charge in [-0.25, -0.2) is 4.79 Å². The van der Waals surface area contributed by atoms with Crippen molar-refractivity contribution in [2.24, 2.45) is 0 Å². The molecule has 122 valence electrons. The minimum atomic E-state index is -0.0318. The zero-order valence-electron chi connectivity index (χ0n) is 13.0. The van der Waals surface area contributed by atoms with Crippen molar-refractivity contribution >= 4 is 11.7 Å². The average Bonchev–Trinajstić information content (AvgIpc) is 3.31. The first kappa shape index (κ1) is 14.4. The normalized spacial score (nSPS) is 24.4. The summed E-state index contributed by atoms with van der Waals surface area (Å²) in [6, 6.07) is 5.77. The van der Waals surface area contributed by atoms with Crippen LogP contribution in [0, 0.1) is 0 Å². The average molecular weight is 315 g/mol. The monoisotopic (exact) mass is 315 g/mol. The van der Waals surface area contributed by atoms with Gasteiger partial charge < -0.3 is 15.0 Å². The van der Waals surface area contributed by atoms with Gasteiger partial charge in [-0.2, -0.15) is 0 Å². The molecule has 0 spiro atoms. The Labute approximate surface area is 134 Å². The molecule has 2 aromatic rings. The molecule has 2 aliphatic rings. The number of hydrogen-bond acceptors (Lipinski definition) is 4. The van der Waals surface area contributed by atoms with E-state index in [9.17, 15) is 4.79 Å². The fourth-order valence-corrected chi connectivity index (χ4v) is 3.47. The Bertz CT molecular complexity index is 695. The van der Waals surface area contributed by atoms with Crippen LogP contribution in [0.2, 0.25) is 0 Å². The molecule has 2 saturated heterocycles. The number of nitrogens with one attached hydrogen (secondary N) is 1. The van der Waals surface area contributed by atoms with Crippen molar-refractivity contribution in [1.29, 1.82) is 0 Å². The minimum Gasteiger partial charge on any atom is -0.376 e. The second-order valence-corrected chi connectivity index (χ2v) is 6.16. The second kappa shape index (κ2) is 6.16. The van der Waals surface area contributed by atoms with Crippen molar-refractivity contribution in [2.75, 3.05) is 19.7 Å². The fraction of sp³-hybridized carbons (Fsp3) is 0.562. The van der Waals surface area contributed by atoms with E-state index in [1.165, 1.54) is 0 Å². The van der Waals surface area contributed by atoms with Gasteiger partial charge in [0.05, 0.1) is 12.1 Å². The number of fused-ring (bicyclic) bond motifs is 1. The number of nitrogens with zero attached hydrogens (tertiary/aromatic N) is 4. The number of urea groups is 1. The Morgan fingerprint density at radius 1 is 1.30 bits per heavy atom. The van der Waals surface area contributed by atoms with Gasteiger partial charge in [-0.1, -0.05) is 6.07 Å². The van der Waals surface area contributed by atoms with Crippen LogP contribution in [0.4, 0.5) is 4.79 Å². The molecule has 2 fully saturated rings. The largest absolute Gasteiger partial charge is 0.376 e. The lowest BCUT2D eigenvalue weighted by Crippen LogP contribution is -2.42. The van der Waals surface area contributed by atoms with Crippen LogP contribution in [0.15, 0.2) is 24.4 Å². The lowest BCUT2D eigenvalue weighted by Gasteiger charge is -2.24. The Kier molecular flexibility index (Phi) is 3.87. The van der Waals surface area contributed by atoms with Crippen molar-refractivity contribution in [2.45, 2.75) is 37.8 Å². The molecule has 4 heterocycles. The highest BCUT2D eigenvalue weighted by molar-refractivity contribution is 5.75. The summed E-state index contributed by atoms with van der Waals surface area (Å²) in [5.41, 5.74) is 0.814. The van der Waals surface area contributed by atoms with Gasteiger partial charge in [0.1, 0.15) is 0 Å². The van der Waals surface area contributed by atoms with Crippen LogP contribution < -0.4 is 5.32 Å². The van der Waals surface area contributed by atoms with Gasteiger partial charge in [0.15, 0.2) is 11.5 Å². The highest BCUT2D eigenvalue weighted by Crippen LogP contribution is 2.30. The van der Waals surface area contributed by atoms with E-state index in [-0.39, 0.29) is 18.2 Å². The summed E-state index contributed by atoms with van der Waals surface area (Å²) in [5, 5.41) is 11.5. The Balaban J connectivity index is 1.48. The summed E-state index contributed by atoms with van der Waals surface area (Å²) >= 11 is 0. The third-order valence-corrected chi connectivity index (χ3v) is 4.66. The summed E-state index contributed by atoms with van der Waals surface area (Å²) in [7, 11) is 0. The second-order valence-electron chi connectivity index (χ2n) is 6.16. The molecule has 0 bridgehead atoms. The quantitative estimate of drug-likeness (QED) is 0.937. The van der Waals surface area contributed by atoms with E-state index in [4.69, 9.17) is 4.74 Å². The molecule has 7 nitrogen and oxygen atoms in total. The van der Waals surface area contributed by atoms with E-state index in [2.05, 4.69) is 15.5 Å². The number of hydrogen-bond donors (Lipinski definition) is 1. The first-order chi connectivity index (χ1) is 11.3. The number of rotatable bonds is 3. The van der Waals surface area contributed by atoms with Crippen molar-refractivity contribution < 1.29 is 9.53 Å². The number of aromatic nitrogens is 3. The van der Waals surface area contributed by atoms with Crippen LogP contribution in [0.1, 0.15) is 37.5 Å². The Morgan fingerprint density at radius 2 is 2.26 bits per heavy atom. The molecule has 0 saturated carbocycles. The summed E-state index contributed by atoms with van der Waals surface area (Å²) in [5.74, 6) is 0.838. The fourth-order valence-electron chi connectivity index (χ4n) is 3.47. The zero-order chi connectivity index (χ0) is 15.6. The van der Waals surface area contributed by atoms with Crippen molar-refractivity contribution in [3.63, 3.8) is 0 Å². The summed E-state index contributed by atoms with van der Waals surface area (Å²) < 4.78 is 7.53. The number of carbonyl (C=O) groups excluding carboxylic acids is 1. The van der Waals surface area contributed by atoms with Crippen LogP contribution in [-0.2, 0) is 4.74 Å². The molecular formula is C16H21N5O2. The predicted octanol–water partition coefficient (Wildman–Crippen LogP) is 1.75. The Hall–Kier alpha value is -2.15. The van der Waals surface area contributed by atoms with E-state index in [1.54, 1.807) is 0 Å². The molecule has 0 aliphatic carbocycles. The number of likely N-dealkylation sites (tertiary alicyclic amines) is 1. The molecule has 2 atom stereocenters. The number of amides is 2. The third-order valence-electron chi connectivity index (χ3n) is 4.66. The van der Waals surface area contributed by atoms with Crippen molar-refractivity contribution in [1.82, 2.24) is 24.8 Å². The molecule has 0 aromatic carbocycles. The van der Waals surface area contributed by atoms with E-state index in [1.807, 2.05) is 33.7 Å². The summed E-state index contributed by atoms with van der Waals surface area (Å²) in [6.45, 7) is 2.14. The summed E-state index contributed by atoms with van der Waals surface area (Å²) in [6.07, 6.45) is 6.12.